The zero-order valence-corrected chi connectivity index (χ0v) is 18.2. The maximum atomic E-state index is 8.69. The fraction of sp³-hybridized carbons (Fsp3) is 0. The summed E-state index contributed by atoms with van der Waals surface area (Å²) in [6, 6.07) is 25.4. The molecule has 0 atom stereocenters. The molecule has 0 saturated heterocycles. The van der Waals surface area contributed by atoms with Crippen LogP contribution in [0.2, 0.25) is 20.1 Å². The molecule has 2 nitrogen and oxygen atoms in total. The normalized spacial score (nSPS) is 10.6. The van der Waals surface area contributed by atoms with Crippen molar-refractivity contribution in [2.45, 2.75) is 0 Å². The molecule has 144 valence electrons. The highest BCUT2D eigenvalue weighted by atomic mass is 35.5. The van der Waals surface area contributed by atoms with Crippen molar-refractivity contribution in [2.24, 2.45) is 0 Å². The predicted molar refractivity (Wildman–Crippen MR) is 126 cm³/mol. The molecule has 0 amide bonds. The van der Waals surface area contributed by atoms with Gasteiger partial charge in [-0.1, -0.05) is 107 Å². The number of nitriles is 2. The zero-order chi connectivity index (χ0) is 21.4. The Hall–Kier alpha value is -2.72. The maximum absolute atomic E-state index is 8.69. The Bertz CT molecular complexity index is 1310. The van der Waals surface area contributed by atoms with Gasteiger partial charge in [0.2, 0.25) is 0 Å². The first-order valence-electron chi connectivity index (χ1n) is 8.76. The van der Waals surface area contributed by atoms with Crippen molar-refractivity contribution in [1.29, 1.82) is 10.5 Å². The lowest BCUT2D eigenvalue weighted by Crippen LogP contribution is -1.89. The van der Waals surface area contributed by atoms with E-state index in [-0.39, 0.29) is 31.2 Å². The third-order valence-corrected chi connectivity index (χ3v) is 6.59. The van der Waals surface area contributed by atoms with Crippen molar-refractivity contribution in [3.05, 3.63) is 91.9 Å². The van der Waals surface area contributed by atoms with Crippen molar-refractivity contribution in [3.8, 4) is 12.1 Å². The first kappa shape index (κ1) is 20.5. The molecule has 0 radical (unpaired) electrons. The summed E-state index contributed by atoms with van der Waals surface area (Å²) in [4.78, 5) is 0. The molecule has 30 heavy (non-hydrogen) atoms. The van der Waals surface area contributed by atoms with Gasteiger partial charge in [0.15, 0.2) is 0 Å². The van der Waals surface area contributed by atoms with Crippen LogP contribution in [0.25, 0.3) is 32.3 Å². The minimum Gasteiger partial charge on any atom is -0.192 e. The van der Waals surface area contributed by atoms with Crippen molar-refractivity contribution in [2.75, 3.05) is 0 Å². The Morgan fingerprint density at radius 3 is 0.967 bits per heavy atom. The van der Waals surface area contributed by atoms with Crippen LogP contribution in [0.5, 0.6) is 0 Å². The fourth-order valence-corrected chi connectivity index (χ4v) is 4.52. The third-order valence-electron chi connectivity index (χ3n) is 4.88. The minimum absolute atomic E-state index is 0.0256. The van der Waals surface area contributed by atoms with Gasteiger partial charge in [-0.05, 0) is 32.3 Å². The van der Waals surface area contributed by atoms with Crippen LogP contribution >= 0.6 is 46.4 Å². The number of nitrogens with zero attached hydrogens (tertiary/aromatic N) is 2. The predicted octanol–water partition coefficient (Wildman–Crippen LogP) is 8.63. The highest BCUT2D eigenvalue weighted by Gasteiger charge is 2.19. The molecule has 6 heteroatoms. The Balaban J connectivity index is 0.000000147. The number of hydrogen-bond acceptors (Lipinski definition) is 2. The molecule has 0 aliphatic heterocycles. The molecule has 5 aromatic rings. The van der Waals surface area contributed by atoms with Crippen molar-refractivity contribution in [1.82, 2.24) is 0 Å². The molecule has 0 saturated carbocycles. The summed E-state index contributed by atoms with van der Waals surface area (Å²) >= 11 is 22.8. The molecule has 0 unspecified atom stereocenters. The van der Waals surface area contributed by atoms with Gasteiger partial charge in [0.25, 0.3) is 0 Å². The lowest BCUT2D eigenvalue weighted by molar-refractivity contribution is 1.45. The summed E-state index contributed by atoms with van der Waals surface area (Å²) < 4.78 is 0. The molecule has 5 rings (SSSR count). The van der Waals surface area contributed by atoms with Crippen LogP contribution in [-0.2, 0) is 0 Å². The summed E-state index contributed by atoms with van der Waals surface area (Å²) in [5.41, 5.74) is -0.0512. The SMILES string of the molecule is N#Cc1c(Cl)c(Cl)c(C#N)c(Cl)c1Cl.c1cc2ccc3cccc4ccc(c1)c2c34. The Labute approximate surface area is 192 Å². The Kier molecular flexibility index (Phi) is 5.61. The quantitative estimate of drug-likeness (QED) is 0.169. The van der Waals surface area contributed by atoms with Crippen molar-refractivity contribution in [3.63, 3.8) is 0 Å². The lowest BCUT2D eigenvalue weighted by Gasteiger charge is -2.09. The van der Waals surface area contributed by atoms with E-state index in [2.05, 4.69) is 60.7 Å². The largest absolute Gasteiger partial charge is 0.192 e. The van der Waals surface area contributed by atoms with Gasteiger partial charge in [-0.25, -0.2) is 0 Å². The van der Waals surface area contributed by atoms with Gasteiger partial charge in [-0.15, -0.1) is 0 Å². The van der Waals surface area contributed by atoms with Gasteiger partial charge < -0.3 is 0 Å². The van der Waals surface area contributed by atoms with E-state index in [1.807, 2.05) is 0 Å². The Morgan fingerprint density at radius 1 is 0.467 bits per heavy atom. The molecule has 0 aliphatic carbocycles. The maximum Gasteiger partial charge on any atom is 0.102 e. The van der Waals surface area contributed by atoms with E-state index in [4.69, 9.17) is 56.9 Å². The zero-order valence-electron chi connectivity index (χ0n) is 15.2. The van der Waals surface area contributed by atoms with Gasteiger partial charge in [-0.2, -0.15) is 10.5 Å². The van der Waals surface area contributed by atoms with Crippen molar-refractivity contribution >= 4 is 78.7 Å². The second-order valence-corrected chi connectivity index (χ2v) is 8.03. The van der Waals surface area contributed by atoms with Crippen LogP contribution in [-0.4, -0.2) is 0 Å². The lowest BCUT2D eigenvalue weighted by atomic mass is 9.95. The first-order chi connectivity index (χ1) is 14.5. The van der Waals surface area contributed by atoms with E-state index < -0.39 is 0 Å². The summed E-state index contributed by atoms with van der Waals surface area (Å²) in [5.74, 6) is 0. The van der Waals surface area contributed by atoms with Gasteiger partial charge in [0, 0.05) is 0 Å². The van der Waals surface area contributed by atoms with Crippen LogP contribution in [0.3, 0.4) is 0 Å². The minimum atomic E-state index is -0.0554. The number of benzene rings is 5. The number of halogens is 4. The number of hydrogen-bond donors (Lipinski definition) is 0. The molecule has 0 fully saturated rings. The van der Waals surface area contributed by atoms with E-state index in [0.29, 0.717) is 0 Å². The van der Waals surface area contributed by atoms with Crippen molar-refractivity contribution < 1.29 is 0 Å². The molecule has 0 N–H and O–H groups in total. The average Bonchev–Trinajstić information content (AvgIpc) is 2.78. The molecule has 0 heterocycles. The summed E-state index contributed by atoms with van der Waals surface area (Å²) in [7, 11) is 0. The topological polar surface area (TPSA) is 47.6 Å². The van der Waals surface area contributed by atoms with Crippen LogP contribution in [0.1, 0.15) is 11.1 Å². The highest BCUT2D eigenvalue weighted by Crippen LogP contribution is 2.40. The molecule has 5 aromatic carbocycles. The molecule has 0 aromatic heterocycles. The standard InChI is InChI=1S/C16H10.C8Cl4N2/c1-3-11-7-9-13-5-2-6-14-10-8-12(4-1)15(11)16(13)14;9-5-3(1-13)6(10)8(12)4(2-14)7(5)11/h1-10H;. The number of rotatable bonds is 0. The molecule has 0 aliphatic rings. The monoisotopic (exact) mass is 466 g/mol. The van der Waals surface area contributed by atoms with Crippen LogP contribution in [0, 0.1) is 22.7 Å². The second kappa shape index (κ2) is 8.19. The summed E-state index contributed by atoms with van der Waals surface area (Å²) in [6.07, 6.45) is 0. The summed E-state index contributed by atoms with van der Waals surface area (Å²) in [6.45, 7) is 0. The van der Waals surface area contributed by atoms with E-state index in [1.165, 1.54) is 32.3 Å². The van der Waals surface area contributed by atoms with E-state index >= 15 is 0 Å². The van der Waals surface area contributed by atoms with E-state index in [0.717, 1.165) is 0 Å². The third kappa shape index (κ3) is 3.29. The van der Waals surface area contributed by atoms with Gasteiger partial charge in [-0.3, -0.25) is 0 Å². The smallest absolute Gasteiger partial charge is 0.102 e. The molecular weight excluding hydrogens is 458 g/mol. The summed E-state index contributed by atoms with van der Waals surface area (Å²) in [5, 5.41) is 25.3. The van der Waals surface area contributed by atoms with E-state index in [9.17, 15) is 0 Å². The average molecular weight is 468 g/mol. The molecule has 0 spiro atoms. The van der Waals surface area contributed by atoms with Gasteiger partial charge in [0.05, 0.1) is 31.2 Å². The van der Waals surface area contributed by atoms with E-state index in [1.54, 1.807) is 12.1 Å². The first-order valence-corrected chi connectivity index (χ1v) is 10.3. The van der Waals surface area contributed by atoms with Crippen LogP contribution in [0.15, 0.2) is 60.7 Å². The Morgan fingerprint density at radius 2 is 0.733 bits per heavy atom. The van der Waals surface area contributed by atoms with Gasteiger partial charge in [0.1, 0.15) is 12.1 Å². The highest BCUT2D eigenvalue weighted by molar-refractivity contribution is 6.49. The second-order valence-electron chi connectivity index (χ2n) is 6.52. The van der Waals surface area contributed by atoms with Gasteiger partial charge >= 0.3 is 0 Å². The van der Waals surface area contributed by atoms with Crippen LogP contribution < -0.4 is 0 Å². The molecule has 0 bridgehead atoms. The van der Waals surface area contributed by atoms with Crippen LogP contribution in [0.4, 0.5) is 0 Å². The fourth-order valence-electron chi connectivity index (χ4n) is 3.50. The molecular formula is C24H10Cl4N2.